The lowest BCUT2D eigenvalue weighted by atomic mass is 10.1. The summed E-state index contributed by atoms with van der Waals surface area (Å²) >= 11 is 1.48. The molecule has 2 saturated carbocycles. The summed E-state index contributed by atoms with van der Waals surface area (Å²) < 4.78 is 34.0. The molecular formula is C23H28F2N6O4S. The third-order valence-electron chi connectivity index (χ3n) is 6.56. The van der Waals surface area contributed by atoms with Crippen LogP contribution in [0.15, 0.2) is 23.4 Å². The van der Waals surface area contributed by atoms with Crippen LogP contribution >= 0.6 is 11.8 Å². The lowest BCUT2D eigenvalue weighted by Crippen LogP contribution is -2.33. The Morgan fingerprint density at radius 2 is 2.00 bits per heavy atom. The van der Waals surface area contributed by atoms with Crippen molar-refractivity contribution in [2.75, 3.05) is 24.3 Å². The van der Waals surface area contributed by atoms with Crippen LogP contribution in [0.5, 0.6) is 0 Å². The van der Waals surface area contributed by atoms with Gasteiger partial charge in [0, 0.05) is 24.1 Å². The molecule has 13 heteroatoms. The van der Waals surface area contributed by atoms with Gasteiger partial charge in [-0.1, -0.05) is 30.0 Å². The highest BCUT2D eigenvalue weighted by Crippen LogP contribution is 2.44. The minimum Gasteiger partial charge on any atom is -0.394 e. The molecule has 194 valence electrons. The van der Waals surface area contributed by atoms with Crippen LogP contribution in [-0.4, -0.2) is 83.6 Å². The van der Waals surface area contributed by atoms with Gasteiger partial charge in [0.15, 0.2) is 33.8 Å². The first kappa shape index (κ1) is 25.2. The molecule has 0 amide bonds. The molecule has 2 aliphatic rings. The summed E-state index contributed by atoms with van der Waals surface area (Å²) in [5, 5.41) is 42.5. The van der Waals surface area contributed by atoms with Crippen molar-refractivity contribution >= 4 is 28.7 Å². The standard InChI is InChI=1S/C23H28F2N6O4S/c1-2-7-36-23-27-21(26-15-9-12(15)11-3-4-13(24)14(25)8-11)18-22(28-23)31(30-29-18)16-10-17(35-6-5-32)20(34)19(16)33/h3-4,8,12,15-17,19-20,32-34H,2,5-7,9-10H2,1H3,(H,26,27,28)/t12-,15-,16+,17-,19+,20-/m0/s1. The van der Waals surface area contributed by atoms with Gasteiger partial charge in [0.1, 0.15) is 12.2 Å². The first-order valence-electron chi connectivity index (χ1n) is 12.0. The number of benzene rings is 1. The quantitative estimate of drug-likeness (QED) is 0.231. The zero-order valence-electron chi connectivity index (χ0n) is 19.6. The second-order valence-electron chi connectivity index (χ2n) is 9.09. The Hall–Kier alpha value is -2.45. The number of hydrogen-bond acceptors (Lipinski definition) is 10. The second kappa shape index (κ2) is 10.5. The van der Waals surface area contributed by atoms with Gasteiger partial charge in [-0.15, -0.1) is 5.10 Å². The van der Waals surface area contributed by atoms with Crippen molar-refractivity contribution in [3.63, 3.8) is 0 Å². The van der Waals surface area contributed by atoms with E-state index in [9.17, 15) is 19.0 Å². The summed E-state index contributed by atoms with van der Waals surface area (Å²) in [6.07, 6.45) is -1.04. The van der Waals surface area contributed by atoms with E-state index in [0.717, 1.165) is 24.7 Å². The topological polar surface area (TPSA) is 138 Å². The molecular weight excluding hydrogens is 494 g/mol. The van der Waals surface area contributed by atoms with E-state index >= 15 is 0 Å². The van der Waals surface area contributed by atoms with E-state index in [1.54, 1.807) is 6.07 Å². The number of aliphatic hydroxyl groups excluding tert-OH is 3. The summed E-state index contributed by atoms with van der Waals surface area (Å²) in [6, 6.07) is 3.26. The molecule has 10 nitrogen and oxygen atoms in total. The summed E-state index contributed by atoms with van der Waals surface area (Å²) in [7, 11) is 0. The van der Waals surface area contributed by atoms with Crippen molar-refractivity contribution in [3.05, 3.63) is 35.4 Å². The molecule has 3 aromatic rings. The summed E-state index contributed by atoms with van der Waals surface area (Å²) in [5.74, 6) is -0.472. The van der Waals surface area contributed by atoms with Crippen LogP contribution in [0.2, 0.25) is 0 Å². The zero-order valence-corrected chi connectivity index (χ0v) is 20.4. The Labute approximate surface area is 210 Å². The van der Waals surface area contributed by atoms with Crippen LogP contribution < -0.4 is 5.32 Å². The van der Waals surface area contributed by atoms with Crippen LogP contribution in [0.4, 0.5) is 14.6 Å². The van der Waals surface area contributed by atoms with Gasteiger partial charge in [0.2, 0.25) is 0 Å². The van der Waals surface area contributed by atoms with Gasteiger partial charge in [0.25, 0.3) is 0 Å². The monoisotopic (exact) mass is 522 g/mol. The fraction of sp³-hybridized carbons (Fsp3) is 0.565. The minimum absolute atomic E-state index is 0.00291. The molecule has 0 saturated heterocycles. The average molecular weight is 523 g/mol. The summed E-state index contributed by atoms with van der Waals surface area (Å²) in [5.41, 5.74) is 1.53. The van der Waals surface area contributed by atoms with E-state index in [2.05, 4.69) is 32.5 Å². The molecule has 4 N–H and O–H groups in total. The number of rotatable bonds is 10. The van der Waals surface area contributed by atoms with E-state index in [1.807, 2.05) is 0 Å². The molecule has 6 atom stereocenters. The molecule has 5 rings (SSSR count). The Bertz CT molecular complexity index is 1230. The molecule has 0 radical (unpaired) electrons. The van der Waals surface area contributed by atoms with Gasteiger partial charge in [-0.2, -0.15) is 0 Å². The van der Waals surface area contributed by atoms with Crippen molar-refractivity contribution in [2.45, 2.75) is 67.7 Å². The van der Waals surface area contributed by atoms with Gasteiger partial charge in [-0.25, -0.2) is 23.4 Å². The highest BCUT2D eigenvalue weighted by Gasteiger charge is 2.45. The molecule has 2 aliphatic carbocycles. The van der Waals surface area contributed by atoms with Gasteiger partial charge in [-0.05, 0) is 30.5 Å². The number of fused-ring (bicyclic) bond motifs is 1. The van der Waals surface area contributed by atoms with Gasteiger partial charge in [0.05, 0.1) is 25.4 Å². The van der Waals surface area contributed by atoms with Crippen molar-refractivity contribution < 1.29 is 28.8 Å². The smallest absolute Gasteiger partial charge is 0.191 e. The van der Waals surface area contributed by atoms with Crippen LogP contribution in [-0.2, 0) is 4.74 Å². The molecule has 2 fully saturated rings. The summed E-state index contributed by atoms with van der Waals surface area (Å²) in [6.45, 7) is 1.91. The molecule has 36 heavy (non-hydrogen) atoms. The molecule has 1 aromatic carbocycles. The lowest BCUT2D eigenvalue weighted by Gasteiger charge is -2.17. The number of thioether (sulfide) groups is 1. The maximum atomic E-state index is 13.7. The number of ether oxygens (including phenoxy) is 1. The molecule has 0 unspecified atom stereocenters. The lowest BCUT2D eigenvalue weighted by molar-refractivity contribution is -0.0629. The van der Waals surface area contributed by atoms with E-state index in [1.165, 1.54) is 22.5 Å². The highest BCUT2D eigenvalue weighted by atomic mass is 32.2. The molecule has 0 aliphatic heterocycles. The van der Waals surface area contributed by atoms with Crippen molar-refractivity contribution in [3.8, 4) is 0 Å². The van der Waals surface area contributed by atoms with E-state index in [-0.39, 0.29) is 31.6 Å². The van der Waals surface area contributed by atoms with Crippen LogP contribution in [0.1, 0.15) is 43.7 Å². The predicted molar refractivity (Wildman–Crippen MR) is 128 cm³/mol. The Morgan fingerprint density at radius 1 is 1.17 bits per heavy atom. The van der Waals surface area contributed by atoms with Gasteiger partial charge in [-0.3, -0.25) is 0 Å². The largest absolute Gasteiger partial charge is 0.394 e. The van der Waals surface area contributed by atoms with E-state index in [4.69, 9.17) is 9.84 Å². The number of anilines is 1. The normalized spacial score (nSPS) is 27.6. The number of hydrogen-bond donors (Lipinski definition) is 4. The molecule has 0 bridgehead atoms. The first-order valence-corrected chi connectivity index (χ1v) is 13.0. The van der Waals surface area contributed by atoms with Crippen molar-refractivity contribution in [1.82, 2.24) is 25.0 Å². The van der Waals surface area contributed by atoms with Crippen LogP contribution in [0.3, 0.4) is 0 Å². The first-order chi connectivity index (χ1) is 17.4. The number of halogens is 2. The van der Waals surface area contributed by atoms with E-state index < -0.39 is 36.0 Å². The van der Waals surface area contributed by atoms with Crippen LogP contribution in [0, 0.1) is 11.6 Å². The van der Waals surface area contributed by atoms with E-state index in [0.29, 0.717) is 27.7 Å². The fourth-order valence-corrected chi connectivity index (χ4v) is 5.31. The van der Waals surface area contributed by atoms with Crippen molar-refractivity contribution in [2.24, 2.45) is 0 Å². The highest BCUT2D eigenvalue weighted by molar-refractivity contribution is 7.99. The zero-order chi connectivity index (χ0) is 25.4. The minimum atomic E-state index is -1.15. The number of nitrogens with zero attached hydrogens (tertiary/aromatic N) is 5. The number of aliphatic hydroxyl groups is 3. The molecule has 0 spiro atoms. The maximum absolute atomic E-state index is 13.7. The predicted octanol–water partition coefficient (Wildman–Crippen LogP) is 2.01. The molecule has 2 heterocycles. The average Bonchev–Trinajstić information content (AvgIpc) is 3.41. The van der Waals surface area contributed by atoms with Gasteiger partial charge >= 0.3 is 0 Å². The fourth-order valence-electron chi connectivity index (χ4n) is 4.61. The summed E-state index contributed by atoms with van der Waals surface area (Å²) in [4.78, 5) is 9.27. The van der Waals surface area contributed by atoms with Crippen LogP contribution in [0.25, 0.3) is 11.2 Å². The van der Waals surface area contributed by atoms with Crippen molar-refractivity contribution in [1.29, 1.82) is 0 Å². The third-order valence-corrected chi connectivity index (χ3v) is 7.61. The Kier molecular flexibility index (Phi) is 7.35. The second-order valence-corrected chi connectivity index (χ2v) is 10.2. The molecule has 2 aromatic heterocycles. The van der Waals surface area contributed by atoms with Gasteiger partial charge < -0.3 is 25.4 Å². The maximum Gasteiger partial charge on any atom is 0.191 e. The SMILES string of the molecule is CCCSc1nc(N[C@H]2C[C@H]2c2ccc(F)c(F)c2)c2nnn([C@@H]3C[C@H](OCCO)[C@H](O)[C@@H]3O)c2n1. The Morgan fingerprint density at radius 3 is 2.75 bits per heavy atom. The number of aromatic nitrogens is 5. The number of nitrogens with one attached hydrogen (secondary N) is 1. The Balaban J connectivity index is 1.43. The third kappa shape index (κ3) is 4.90.